The van der Waals surface area contributed by atoms with Gasteiger partial charge in [-0.2, -0.15) is 0 Å². The molecule has 2 N–H and O–H groups in total. The van der Waals surface area contributed by atoms with Crippen LogP contribution in [0.2, 0.25) is 0 Å². The Kier molecular flexibility index (Phi) is 2.29. The molecular weight excluding hydrogens is 196 g/mol. The molecule has 3 rings (SSSR count). The summed E-state index contributed by atoms with van der Waals surface area (Å²) in [6, 6.07) is 10.8. The van der Waals surface area contributed by atoms with E-state index in [9.17, 15) is 0 Å². The summed E-state index contributed by atoms with van der Waals surface area (Å²) in [6.45, 7) is 4.24. The standard InChI is InChI=1S/C14H16N2/c1-10-4-2-3-5-12(10)14-8-11-9-15-7-6-13(11)16-14/h2-5,8,15-16H,6-7,9H2,1H3. The first kappa shape index (κ1) is 9.67. The van der Waals surface area contributed by atoms with Crippen molar-refractivity contribution in [3.8, 4) is 11.3 Å². The van der Waals surface area contributed by atoms with Crippen LogP contribution in [-0.2, 0) is 13.0 Å². The molecule has 0 radical (unpaired) electrons. The molecule has 16 heavy (non-hydrogen) atoms. The quantitative estimate of drug-likeness (QED) is 0.747. The number of hydrogen-bond acceptors (Lipinski definition) is 1. The zero-order valence-electron chi connectivity index (χ0n) is 9.51. The van der Waals surface area contributed by atoms with Gasteiger partial charge in [0.25, 0.3) is 0 Å². The molecule has 0 saturated heterocycles. The lowest BCUT2D eigenvalue weighted by Crippen LogP contribution is -2.22. The summed E-state index contributed by atoms with van der Waals surface area (Å²) in [5.41, 5.74) is 6.72. The highest BCUT2D eigenvalue weighted by Gasteiger charge is 2.13. The Morgan fingerprint density at radius 2 is 2.06 bits per heavy atom. The minimum absolute atomic E-state index is 0.998. The molecule has 0 unspecified atom stereocenters. The third-order valence-corrected chi connectivity index (χ3v) is 3.29. The third-order valence-electron chi connectivity index (χ3n) is 3.29. The lowest BCUT2D eigenvalue weighted by atomic mass is 10.1. The molecule has 2 heterocycles. The van der Waals surface area contributed by atoms with Crippen LogP contribution in [0.25, 0.3) is 11.3 Å². The molecule has 2 aromatic rings. The maximum Gasteiger partial charge on any atom is 0.0462 e. The van der Waals surface area contributed by atoms with Gasteiger partial charge >= 0.3 is 0 Å². The van der Waals surface area contributed by atoms with Crippen molar-refractivity contribution in [2.75, 3.05) is 6.54 Å². The van der Waals surface area contributed by atoms with Crippen LogP contribution < -0.4 is 5.32 Å². The Bertz CT molecular complexity index is 488. The Labute approximate surface area is 95.7 Å². The summed E-state index contributed by atoms with van der Waals surface area (Å²) < 4.78 is 0. The van der Waals surface area contributed by atoms with Crippen molar-refractivity contribution in [3.63, 3.8) is 0 Å². The summed E-state index contributed by atoms with van der Waals surface area (Å²) in [7, 11) is 0. The minimum atomic E-state index is 0.998. The molecule has 2 nitrogen and oxygen atoms in total. The largest absolute Gasteiger partial charge is 0.358 e. The summed E-state index contributed by atoms with van der Waals surface area (Å²) in [5.74, 6) is 0. The Morgan fingerprint density at radius 1 is 1.19 bits per heavy atom. The fraction of sp³-hybridized carbons (Fsp3) is 0.286. The fourth-order valence-corrected chi connectivity index (χ4v) is 2.38. The van der Waals surface area contributed by atoms with Gasteiger partial charge in [-0.15, -0.1) is 0 Å². The number of hydrogen-bond donors (Lipinski definition) is 2. The SMILES string of the molecule is Cc1ccccc1-c1cc2c([nH]1)CCNC2. The van der Waals surface area contributed by atoms with E-state index in [0.29, 0.717) is 0 Å². The predicted octanol–water partition coefficient (Wildman–Crippen LogP) is 2.64. The van der Waals surface area contributed by atoms with E-state index in [1.807, 2.05) is 0 Å². The Hall–Kier alpha value is -1.54. The molecule has 0 amide bonds. The van der Waals surface area contributed by atoms with Gasteiger partial charge in [0.05, 0.1) is 0 Å². The summed E-state index contributed by atoms with van der Waals surface area (Å²) in [6.07, 6.45) is 1.11. The smallest absolute Gasteiger partial charge is 0.0462 e. The van der Waals surface area contributed by atoms with Crippen LogP contribution in [0.5, 0.6) is 0 Å². The monoisotopic (exact) mass is 212 g/mol. The van der Waals surface area contributed by atoms with Crippen molar-refractivity contribution in [3.05, 3.63) is 47.2 Å². The molecule has 0 spiro atoms. The normalized spacial score (nSPS) is 14.8. The van der Waals surface area contributed by atoms with Gasteiger partial charge in [-0.25, -0.2) is 0 Å². The number of aromatic nitrogens is 1. The van der Waals surface area contributed by atoms with E-state index in [1.54, 1.807) is 0 Å². The molecule has 0 aliphatic carbocycles. The molecule has 1 aliphatic rings. The number of rotatable bonds is 1. The van der Waals surface area contributed by atoms with Crippen molar-refractivity contribution in [1.82, 2.24) is 10.3 Å². The second-order valence-corrected chi connectivity index (χ2v) is 4.43. The second kappa shape index (κ2) is 3.80. The lowest BCUT2D eigenvalue weighted by Gasteiger charge is -2.11. The van der Waals surface area contributed by atoms with Crippen molar-refractivity contribution >= 4 is 0 Å². The van der Waals surface area contributed by atoms with E-state index in [4.69, 9.17) is 0 Å². The van der Waals surface area contributed by atoms with E-state index in [0.717, 1.165) is 19.5 Å². The van der Waals surface area contributed by atoms with Crippen molar-refractivity contribution in [2.45, 2.75) is 19.9 Å². The van der Waals surface area contributed by atoms with Gasteiger partial charge in [0.2, 0.25) is 0 Å². The molecule has 0 fully saturated rings. The molecule has 0 saturated carbocycles. The molecule has 2 heteroatoms. The molecule has 1 aromatic carbocycles. The fourth-order valence-electron chi connectivity index (χ4n) is 2.38. The van der Waals surface area contributed by atoms with Crippen LogP contribution in [0.1, 0.15) is 16.8 Å². The first-order valence-corrected chi connectivity index (χ1v) is 5.82. The summed E-state index contributed by atoms with van der Waals surface area (Å²) in [5, 5.41) is 3.40. The van der Waals surface area contributed by atoms with Crippen LogP contribution in [-0.4, -0.2) is 11.5 Å². The second-order valence-electron chi connectivity index (χ2n) is 4.43. The highest BCUT2D eigenvalue weighted by molar-refractivity contribution is 5.65. The van der Waals surface area contributed by atoms with E-state index in [1.165, 1.54) is 28.1 Å². The van der Waals surface area contributed by atoms with Gasteiger partial charge in [0, 0.05) is 36.5 Å². The number of nitrogens with one attached hydrogen (secondary N) is 2. The Balaban J connectivity index is 2.07. The lowest BCUT2D eigenvalue weighted by molar-refractivity contribution is 0.638. The first-order chi connectivity index (χ1) is 7.84. The minimum Gasteiger partial charge on any atom is -0.358 e. The topological polar surface area (TPSA) is 27.8 Å². The van der Waals surface area contributed by atoms with E-state index in [2.05, 4.69) is 47.6 Å². The molecule has 1 aliphatic heterocycles. The van der Waals surface area contributed by atoms with Gasteiger partial charge in [-0.05, 0) is 24.1 Å². The average Bonchev–Trinajstić information content (AvgIpc) is 2.73. The van der Waals surface area contributed by atoms with Crippen LogP contribution >= 0.6 is 0 Å². The number of aryl methyl sites for hydroxylation is 1. The van der Waals surface area contributed by atoms with Crippen molar-refractivity contribution in [1.29, 1.82) is 0 Å². The number of H-pyrrole nitrogens is 1. The number of aromatic amines is 1. The van der Waals surface area contributed by atoms with Crippen LogP contribution in [0, 0.1) is 6.92 Å². The van der Waals surface area contributed by atoms with Crippen LogP contribution in [0.4, 0.5) is 0 Å². The predicted molar refractivity (Wildman–Crippen MR) is 66.4 cm³/mol. The van der Waals surface area contributed by atoms with Crippen LogP contribution in [0.3, 0.4) is 0 Å². The third kappa shape index (κ3) is 1.55. The van der Waals surface area contributed by atoms with Crippen molar-refractivity contribution in [2.24, 2.45) is 0 Å². The average molecular weight is 212 g/mol. The molecule has 1 aromatic heterocycles. The molecule has 82 valence electrons. The molecular formula is C14H16N2. The van der Waals surface area contributed by atoms with Gasteiger partial charge in [0.1, 0.15) is 0 Å². The summed E-state index contributed by atoms with van der Waals surface area (Å²) in [4.78, 5) is 3.55. The maximum atomic E-state index is 3.55. The summed E-state index contributed by atoms with van der Waals surface area (Å²) >= 11 is 0. The van der Waals surface area contributed by atoms with Gasteiger partial charge < -0.3 is 10.3 Å². The molecule has 0 atom stereocenters. The van der Waals surface area contributed by atoms with Gasteiger partial charge in [-0.3, -0.25) is 0 Å². The van der Waals surface area contributed by atoms with E-state index >= 15 is 0 Å². The zero-order chi connectivity index (χ0) is 11.0. The zero-order valence-corrected chi connectivity index (χ0v) is 9.51. The van der Waals surface area contributed by atoms with Gasteiger partial charge in [-0.1, -0.05) is 24.3 Å². The highest BCUT2D eigenvalue weighted by Crippen LogP contribution is 2.26. The number of benzene rings is 1. The maximum absolute atomic E-state index is 3.55. The first-order valence-electron chi connectivity index (χ1n) is 5.82. The highest BCUT2D eigenvalue weighted by atomic mass is 14.9. The van der Waals surface area contributed by atoms with E-state index in [-0.39, 0.29) is 0 Å². The van der Waals surface area contributed by atoms with E-state index < -0.39 is 0 Å². The van der Waals surface area contributed by atoms with Gasteiger partial charge in [0.15, 0.2) is 0 Å². The van der Waals surface area contributed by atoms with Crippen molar-refractivity contribution < 1.29 is 0 Å². The Morgan fingerprint density at radius 3 is 2.88 bits per heavy atom. The molecule has 0 bridgehead atoms. The number of fused-ring (bicyclic) bond motifs is 1. The van der Waals surface area contributed by atoms with Crippen LogP contribution in [0.15, 0.2) is 30.3 Å².